The topological polar surface area (TPSA) is 29.3 Å². The minimum atomic E-state index is 0.604. The second-order valence-corrected chi connectivity index (χ2v) is 6.08. The van der Waals surface area contributed by atoms with E-state index in [9.17, 15) is 0 Å². The van der Waals surface area contributed by atoms with Crippen molar-refractivity contribution in [2.45, 2.75) is 26.2 Å². The molecule has 3 heteroatoms. The van der Waals surface area contributed by atoms with Crippen molar-refractivity contribution in [2.75, 3.05) is 17.7 Å². The number of hydrogen-bond donors (Lipinski definition) is 1. The van der Waals surface area contributed by atoms with Gasteiger partial charge in [0.2, 0.25) is 0 Å². The van der Waals surface area contributed by atoms with Crippen LogP contribution in [0.15, 0.2) is 46.9 Å². The Morgan fingerprint density at radius 2 is 1.80 bits per heavy atom. The van der Waals surface area contributed by atoms with Crippen LogP contribution >= 0.6 is 15.9 Å². The number of anilines is 3. The molecule has 0 spiro atoms. The van der Waals surface area contributed by atoms with Gasteiger partial charge in [-0.05, 0) is 48.2 Å². The largest absolute Gasteiger partial charge is 0.397 e. The van der Waals surface area contributed by atoms with E-state index in [1.54, 1.807) is 0 Å². The zero-order valence-electron chi connectivity index (χ0n) is 12.2. The van der Waals surface area contributed by atoms with Crippen molar-refractivity contribution in [1.29, 1.82) is 0 Å². The molecule has 0 saturated heterocycles. The molecule has 2 N–H and O–H groups in total. The van der Waals surface area contributed by atoms with Crippen molar-refractivity contribution in [2.24, 2.45) is 0 Å². The maximum absolute atomic E-state index is 6.09. The Morgan fingerprint density at radius 3 is 2.35 bits per heavy atom. The highest BCUT2D eigenvalue weighted by Gasteiger charge is 2.09. The number of rotatable bonds is 4. The Kier molecular flexibility index (Phi) is 4.71. The van der Waals surface area contributed by atoms with Crippen LogP contribution in [-0.2, 0) is 0 Å². The molecule has 2 aromatic carbocycles. The van der Waals surface area contributed by atoms with Gasteiger partial charge < -0.3 is 10.6 Å². The third kappa shape index (κ3) is 3.15. The lowest BCUT2D eigenvalue weighted by Gasteiger charge is -2.22. The van der Waals surface area contributed by atoms with Gasteiger partial charge >= 0.3 is 0 Å². The molecule has 2 aromatic rings. The lowest BCUT2D eigenvalue weighted by atomic mass is 9.98. The quantitative estimate of drug-likeness (QED) is 0.768. The molecule has 0 aliphatic rings. The summed E-state index contributed by atoms with van der Waals surface area (Å²) >= 11 is 3.44. The molecular weight excluding hydrogens is 312 g/mol. The minimum absolute atomic E-state index is 0.604. The number of nitrogen functional groups attached to an aromatic ring is 1. The van der Waals surface area contributed by atoms with Gasteiger partial charge in [0.25, 0.3) is 0 Å². The zero-order chi connectivity index (χ0) is 14.7. The van der Waals surface area contributed by atoms with E-state index in [0.29, 0.717) is 5.92 Å². The summed E-state index contributed by atoms with van der Waals surface area (Å²) in [5, 5.41) is 0. The van der Waals surface area contributed by atoms with Gasteiger partial charge in [-0.15, -0.1) is 0 Å². The molecule has 20 heavy (non-hydrogen) atoms. The second kappa shape index (κ2) is 6.31. The number of nitrogens with two attached hydrogens (primary N) is 1. The van der Waals surface area contributed by atoms with Crippen molar-refractivity contribution in [1.82, 2.24) is 0 Å². The van der Waals surface area contributed by atoms with E-state index < -0.39 is 0 Å². The molecule has 106 valence electrons. The number of nitrogens with zero attached hydrogens (tertiary/aromatic N) is 1. The predicted octanol–water partition coefficient (Wildman–Crippen LogP) is 5.31. The van der Waals surface area contributed by atoms with E-state index in [0.717, 1.165) is 28.0 Å². The molecule has 0 amide bonds. The maximum atomic E-state index is 6.09. The summed E-state index contributed by atoms with van der Waals surface area (Å²) in [5.41, 5.74) is 10.4. The average molecular weight is 333 g/mol. The molecule has 0 aliphatic heterocycles. The van der Waals surface area contributed by atoms with Crippen molar-refractivity contribution in [3.05, 3.63) is 52.5 Å². The molecule has 0 fully saturated rings. The Bertz CT molecular complexity index is 578. The highest BCUT2D eigenvalue weighted by atomic mass is 79.9. The summed E-state index contributed by atoms with van der Waals surface area (Å²) in [7, 11) is 2.04. The predicted molar refractivity (Wildman–Crippen MR) is 91.8 cm³/mol. The molecule has 0 heterocycles. The zero-order valence-corrected chi connectivity index (χ0v) is 13.8. The van der Waals surface area contributed by atoms with Crippen LogP contribution in [0.25, 0.3) is 0 Å². The molecule has 0 aliphatic carbocycles. The Hall–Kier alpha value is -1.48. The highest BCUT2D eigenvalue weighted by Crippen LogP contribution is 2.32. The van der Waals surface area contributed by atoms with Gasteiger partial charge in [-0.3, -0.25) is 0 Å². The van der Waals surface area contributed by atoms with Gasteiger partial charge in [0, 0.05) is 17.2 Å². The van der Waals surface area contributed by atoms with E-state index in [1.165, 1.54) is 5.56 Å². The van der Waals surface area contributed by atoms with E-state index in [-0.39, 0.29) is 0 Å². The average Bonchev–Trinajstić information content (AvgIpc) is 2.46. The van der Waals surface area contributed by atoms with Gasteiger partial charge in [-0.25, -0.2) is 0 Å². The fourth-order valence-corrected chi connectivity index (χ4v) is 2.61. The number of benzene rings is 2. The number of hydrogen-bond acceptors (Lipinski definition) is 2. The third-order valence-electron chi connectivity index (χ3n) is 3.81. The first-order valence-corrected chi connectivity index (χ1v) is 7.71. The van der Waals surface area contributed by atoms with Gasteiger partial charge in [0.1, 0.15) is 0 Å². The fraction of sp³-hybridized carbons (Fsp3) is 0.294. The minimum Gasteiger partial charge on any atom is -0.397 e. The first-order valence-electron chi connectivity index (χ1n) is 6.91. The molecule has 0 radical (unpaired) electrons. The monoisotopic (exact) mass is 332 g/mol. The first-order chi connectivity index (χ1) is 9.52. The van der Waals surface area contributed by atoms with E-state index >= 15 is 0 Å². The fourth-order valence-electron chi connectivity index (χ4n) is 2.23. The lowest BCUT2D eigenvalue weighted by Crippen LogP contribution is -2.11. The van der Waals surface area contributed by atoms with Crippen molar-refractivity contribution in [3.63, 3.8) is 0 Å². The summed E-state index contributed by atoms with van der Waals surface area (Å²) in [6, 6.07) is 14.7. The van der Waals surface area contributed by atoms with Crippen molar-refractivity contribution >= 4 is 33.0 Å². The molecule has 0 aromatic heterocycles. The normalized spacial score (nSPS) is 12.2. The third-order valence-corrected chi connectivity index (χ3v) is 4.31. The first kappa shape index (κ1) is 14.9. The molecular formula is C17H21BrN2. The molecule has 2 rings (SSSR count). The summed E-state index contributed by atoms with van der Waals surface area (Å²) in [5.74, 6) is 0.604. The molecule has 1 atom stereocenters. The van der Waals surface area contributed by atoms with Crippen LogP contribution in [0.1, 0.15) is 31.7 Å². The molecule has 2 nitrogen and oxygen atoms in total. The van der Waals surface area contributed by atoms with Crippen LogP contribution in [0.5, 0.6) is 0 Å². The lowest BCUT2D eigenvalue weighted by molar-refractivity contribution is 0.733. The smallest absolute Gasteiger partial charge is 0.0642 e. The summed E-state index contributed by atoms with van der Waals surface area (Å²) in [6.07, 6.45) is 1.16. The number of halogens is 1. The summed E-state index contributed by atoms with van der Waals surface area (Å²) in [6.45, 7) is 4.47. The van der Waals surface area contributed by atoms with Crippen LogP contribution < -0.4 is 10.6 Å². The van der Waals surface area contributed by atoms with Gasteiger partial charge in [-0.1, -0.05) is 41.9 Å². The van der Waals surface area contributed by atoms with Gasteiger partial charge in [-0.2, -0.15) is 0 Å². The summed E-state index contributed by atoms with van der Waals surface area (Å²) < 4.78 is 0.999. The Morgan fingerprint density at radius 1 is 1.15 bits per heavy atom. The van der Waals surface area contributed by atoms with E-state index in [1.807, 2.05) is 25.2 Å². The van der Waals surface area contributed by atoms with Crippen LogP contribution in [0.3, 0.4) is 0 Å². The van der Waals surface area contributed by atoms with E-state index in [2.05, 4.69) is 58.9 Å². The second-order valence-electron chi connectivity index (χ2n) is 5.16. The van der Waals surface area contributed by atoms with E-state index in [4.69, 9.17) is 5.73 Å². The van der Waals surface area contributed by atoms with Crippen LogP contribution in [0.4, 0.5) is 17.1 Å². The van der Waals surface area contributed by atoms with Crippen LogP contribution in [0.2, 0.25) is 0 Å². The Balaban J connectivity index is 2.26. The van der Waals surface area contributed by atoms with Crippen LogP contribution in [-0.4, -0.2) is 7.05 Å². The van der Waals surface area contributed by atoms with Crippen molar-refractivity contribution in [3.8, 4) is 0 Å². The maximum Gasteiger partial charge on any atom is 0.0642 e. The SMILES string of the molecule is CCC(C)c1ccc(N(C)c2ccc(Br)cc2N)cc1. The molecule has 0 saturated carbocycles. The Labute approximate surface area is 129 Å². The highest BCUT2D eigenvalue weighted by molar-refractivity contribution is 9.10. The van der Waals surface area contributed by atoms with Crippen LogP contribution in [0, 0.1) is 0 Å². The van der Waals surface area contributed by atoms with Gasteiger partial charge in [0.15, 0.2) is 0 Å². The molecule has 0 bridgehead atoms. The van der Waals surface area contributed by atoms with Crippen molar-refractivity contribution < 1.29 is 0 Å². The molecule has 1 unspecified atom stereocenters. The summed E-state index contributed by atoms with van der Waals surface area (Å²) in [4.78, 5) is 2.11. The van der Waals surface area contributed by atoms with Gasteiger partial charge in [0.05, 0.1) is 11.4 Å². The standard InChI is InChI=1S/C17H21BrN2/c1-4-12(2)13-5-8-15(9-6-13)20(3)17-10-7-14(18)11-16(17)19/h5-12H,4,19H2,1-3H3.